The first kappa shape index (κ1) is 12.7. The average molecular weight is 240 g/mol. The topological polar surface area (TPSA) is 20.2 Å². The van der Waals surface area contributed by atoms with E-state index in [1.54, 1.807) is 0 Å². The number of hydrogen-bond acceptors (Lipinski definition) is 1. The Morgan fingerprint density at radius 3 is 2.17 bits per heavy atom. The molecular formula is C17H20O. The fraction of sp³-hybridized carbons (Fsp3) is 0.294. The van der Waals surface area contributed by atoms with Gasteiger partial charge in [-0.15, -0.1) is 0 Å². The molecule has 0 amide bonds. The van der Waals surface area contributed by atoms with Crippen molar-refractivity contribution in [1.82, 2.24) is 0 Å². The molecular weight excluding hydrogens is 220 g/mol. The van der Waals surface area contributed by atoms with E-state index in [2.05, 4.69) is 39.8 Å². The van der Waals surface area contributed by atoms with Crippen LogP contribution in [0.4, 0.5) is 0 Å². The van der Waals surface area contributed by atoms with Crippen molar-refractivity contribution < 1.29 is 5.11 Å². The summed E-state index contributed by atoms with van der Waals surface area (Å²) in [7, 11) is 0. The summed E-state index contributed by atoms with van der Waals surface area (Å²) in [4.78, 5) is 0. The van der Waals surface area contributed by atoms with Crippen LogP contribution in [0.15, 0.2) is 30.3 Å². The maximum atomic E-state index is 10.4. The van der Waals surface area contributed by atoms with Crippen molar-refractivity contribution in [2.45, 2.75) is 34.1 Å². The molecule has 0 aliphatic heterocycles. The van der Waals surface area contributed by atoms with E-state index in [1.165, 1.54) is 16.7 Å². The van der Waals surface area contributed by atoms with Gasteiger partial charge in [-0.3, -0.25) is 0 Å². The van der Waals surface area contributed by atoms with Crippen LogP contribution in [0, 0.1) is 20.8 Å². The number of aromatic hydroxyl groups is 1. The van der Waals surface area contributed by atoms with Gasteiger partial charge in [0.05, 0.1) is 0 Å². The summed E-state index contributed by atoms with van der Waals surface area (Å²) < 4.78 is 0. The second-order valence-electron chi connectivity index (χ2n) is 4.94. The molecule has 2 aromatic rings. The van der Waals surface area contributed by atoms with Crippen LogP contribution in [0.2, 0.25) is 0 Å². The van der Waals surface area contributed by atoms with E-state index in [9.17, 15) is 5.11 Å². The van der Waals surface area contributed by atoms with Crippen LogP contribution < -0.4 is 0 Å². The second-order valence-corrected chi connectivity index (χ2v) is 4.94. The molecule has 2 aromatic carbocycles. The third-order valence-corrected chi connectivity index (χ3v) is 3.45. The summed E-state index contributed by atoms with van der Waals surface area (Å²) in [5.74, 6) is 0.426. The Hall–Kier alpha value is -1.76. The van der Waals surface area contributed by atoms with Crippen LogP contribution in [0.25, 0.3) is 11.1 Å². The molecule has 1 heteroatoms. The summed E-state index contributed by atoms with van der Waals surface area (Å²) in [5.41, 5.74) is 6.82. The van der Waals surface area contributed by atoms with Crippen molar-refractivity contribution in [3.63, 3.8) is 0 Å². The van der Waals surface area contributed by atoms with Crippen LogP contribution >= 0.6 is 0 Å². The van der Waals surface area contributed by atoms with Gasteiger partial charge in [0.15, 0.2) is 0 Å². The number of benzene rings is 2. The van der Waals surface area contributed by atoms with Crippen molar-refractivity contribution >= 4 is 0 Å². The third-order valence-electron chi connectivity index (χ3n) is 3.45. The summed E-state index contributed by atoms with van der Waals surface area (Å²) in [5, 5.41) is 10.4. The lowest BCUT2D eigenvalue weighted by molar-refractivity contribution is 0.471. The predicted octanol–water partition coefficient (Wildman–Crippen LogP) is 4.55. The fourth-order valence-electron chi connectivity index (χ4n) is 2.68. The van der Waals surface area contributed by atoms with Crippen LogP contribution in [-0.2, 0) is 6.42 Å². The first-order valence-corrected chi connectivity index (χ1v) is 6.43. The van der Waals surface area contributed by atoms with Gasteiger partial charge in [0.2, 0.25) is 0 Å². The minimum atomic E-state index is 0.426. The van der Waals surface area contributed by atoms with Gasteiger partial charge >= 0.3 is 0 Å². The summed E-state index contributed by atoms with van der Waals surface area (Å²) in [6, 6.07) is 10.3. The lowest BCUT2D eigenvalue weighted by Gasteiger charge is -2.14. The number of para-hydroxylation sites is 1. The van der Waals surface area contributed by atoms with Gasteiger partial charge < -0.3 is 5.11 Å². The van der Waals surface area contributed by atoms with Crippen LogP contribution in [0.3, 0.4) is 0 Å². The molecule has 0 bridgehead atoms. The summed E-state index contributed by atoms with van der Waals surface area (Å²) in [6.07, 6.45) is 0.851. The molecule has 0 unspecified atom stereocenters. The Morgan fingerprint density at radius 2 is 1.61 bits per heavy atom. The second kappa shape index (κ2) is 4.85. The summed E-state index contributed by atoms with van der Waals surface area (Å²) >= 11 is 0. The monoisotopic (exact) mass is 240 g/mol. The SMILES string of the molecule is CCc1cccc(-c2c(C)cc(C)cc2C)c1O. The standard InChI is InChI=1S/C17H20O/c1-5-14-7-6-8-15(17(14)18)16-12(3)9-11(2)10-13(16)4/h6-10,18H,5H2,1-4H3. The van der Waals surface area contributed by atoms with Crippen molar-refractivity contribution in [3.05, 3.63) is 52.6 Å². The first-order valence-electron chi connectivity index (χ1n) is 6.43. The molecule has 0 heterocycles. The quantitative estimate of drug-likeness (QED) is 0.816. The Morgan fingerprint density at radius 1 is 1.00 bits per heavy atom. The maximum Gasteiger partial charge on any atom is 0.126 e. The Balaban J connectivity index is 2.70. The lowest BCUT2D eigenvalue weighted by Crippen LogP contribution is -1.92. The number of phenols is 1. The lowest BCUT2D eigenvalue weighted by atomic mass is 9.92. The highest BCUT2D eigenvalue weighted by Crippen LogP contribution is 2.36. The van der Waals surface area contributed by atoms with Gasteiger partial charge in [-0.05, 0) is 49.4 Å². The van der Waals surface area contributed by atoms with E-state index in [4.69, 9.17) is 0 Å². The molecule has 0 aromatic heterocycles. The third kappa shape index (κ3) is 2.13. The van der Waals surface area contributed by atoms with Crippen molar-refractivity contribution in [3.8, 4) is 16.9 Å². The Bertz CT molecular complexity index is 559. The normalized spacial score (nSPS) is 10.7. The van der Waals surface area contributed by atoms with Gasteiger partial charge in [-0.1, -0.05) is 42.8 Å². The zero-order chi connectivity index (χ0) is 13.3. The molecule has 18 heavy (non-hydrogen) atoms. The molecule has 94 valence electrons. The summed E-state index contributed by atoms with van der Waals surface area (Å²) in [6.45, 7) is 8.38. The Labute approximate surface area is 109 Å². The molecule has 1 N–H and O–H groups in total. The van der Waals surface area contributed by atoms with E-state index in [0.29, 0.717) is 5.75 Å². The van der Waals surface area contributed by atoms with E-state index < -0.39 is 0 Å². The van der Waals surface area contributed by atoms with Gasteiger partial charge in [-0.25, -0.2) is 0 Å². The van der Waals surface area contributed by atoms with E-state index in [0.717, 1.165) is 23.1 Å². The fourth-order valence-corrected chi connectivity index (χ4v) is 2.68. The highest BCUT2D eigenvalue weighted by atomic mass is 16.3. The molecule has 0 aliphatic carbocycles. The molecule has 0 fully saturated rings. The average Bonchev–Trinajstić information content (AvgIpc) is 2.30. The molecule has 0 aliphatic rings. The molecule has 0 saturated heterocycles. The molecule has 0 spiro atoms. The molecule has 0 radical (unpaired) electrons. The number of phenolic OH excluding ortho intramolecular Hbond substituents is 1. The number of rotatable bonds is 2. The van der Waals surface area contributed by atoms with Crippen LogP contribution in [0.1, 0.15) is 29.2 Å². The number of aryl methyl sites for hydroxylation is 4. The van der Waals surface area contributed by atoms with Crippen molar-refractivity contribution in [2.75, 3.05) is 0 Å². The number of hydrogen-bond donors (Lipinski definition) is 1. The Kier molecular flexibility index (Phi) is 3.42. The first-order chi connectivity index (χ1) is 8.54. The van der Waals surface area contributed by atoms with Gasteiger partial charge in [-0.2, -0.15) is 0 Å². The van der Waals surface area contributed by atoms with Gasteiger partial charge in [0.1, 0.15) is 5.75 Å². The highest BCUT2D eigenvalue weighted by Gasteiger charge is 2.12. The maximum absolute atomic E-state index is 10.4. The zero-order valence-corrected chi connectivity index (χ0v) is 11.5. The van der Waals surface area contributed by atoms with Crippen LogP contribution in [-0.4, -0.2) is 5.11 Å². The molecule has 0 saturated carbocycles. The smallest absolute Gasteiger partial charge is 0.126 e. The van der Waals surface area contributed by atoms with Gasteiger partial charge in [0.25, 0.3) is 0 Å². The van der Waals surface area contributed by atoms with Crippen molar-refractivity contribution in [1.29, 1.82) is 0 Å². The molecule has 2 rings (SSSR count). The van der Waals surface area contributed by atoms with E-state index >= 15 is 0 Å². The van der Waals surface area contributed by atoms with Crippen molar-refractivity contribution in [2.24, 2.45) is 0 Å². The van der Waals surface area contributed by atoms with E-state index in [1.807, 2.05) is 18.2 Å². The van der Waals surface area contributed by atoms with Crippen LogP contribution in [0.5, 0.6) is 5.75 Å². The molecule has 0 atom stereocenters. The minimum Gasteiger partial charge on any atom is -0.507 e. The van der Waals surface area contributed by atoms with Gasteiger partial charge in [0, 0.05) is 5.56 Å². The van der Waals surface area contributed by atoms with E-state index in [-0.39, 0.29) is 0 Å². The predicted molar refractivity (Wildman–Crippen MR) is 77.1 cm³/mol. The minimum absolute atomic E-state index is 0.426. The highest BCUT2D eigenvalue weighted by molar-refractivity contribution is 5.77. The molecule has 1 nitrogen and oxygen atoms in total. The largest absolute Gasteiger partial charge is 0.507 e. The zero-order valence-electron chi connectivity index (χ0n) is 11.5.